The second-order valence-electron chi connectivity index (χ2n) is 9.16. The van der Waals surface area contributed by atoms with E-state index in [4.69, 9.17) is 14.2 Å². The third kappa shape index (κ3) is 7.71. The summed E-state index contributed by atoms with van der Waals surface area (Å²) in [5.41, 5.74) is 0.696. The lowest BCUT2D eigenvalue weighted by atomic mass is 10.1. The maximum Gasteiger partial charge on any atom is 0.253 e. The van der Waals surface area contributed by atoms with Crippen LogP contribution in [0.4, 0.5) is 0 Å². The minimum atomic E-state index is -0.472. The Bertz CT molecular complexity index is 691. The number of aliphatic hydroxyl groups is 1. The van der Waals surface area contributed by atoms with Crippen LogP contribution in [0.3, 0.4) is 0 Å². The SMILES string of the molecule is COc1ccc(C(=O)N2CCN(CC3CN(CC(O)COCC(C)C)CCO3)CC2)cc1. The van der Waals surface area contributed by atoms with Gasteiger partial charge in [-0.3, -0.25) is 14.6 Å². The smallest absolute Gasteiger partial charge is 0.253 e. The summed E-state index contributed by atoms with van der Waals surface area (Å²) in [4.78, 5) is 19.3. The quantitative estimate of drug-likeness (QED) is 0.575. The molecular formula is C24H39N3O5. The van der Waals surface area contributed by atoms with Gasteiger partial charge in [0.25, 0.3) is 5.91 Å². The molecule has 180 valence electrons. The summed E-state index contributed by atoms with van der Waals surface area (Å²) in [5.74, 6) is 1.30. The van der Waals surface area contributed by atoms with Crippen molar-refractivity contribution in [2.45, 2.75) is 26.1 Å². The highest BCUT2D eigenvalue weighted by molar-refractivity contribution is 5.94. The average molecular weight is 450 g/mol. The molecule has 3 rings (SSSR count). The zero-order valence-electron chi connectivity index (χ0n) is 19.7. The number of hydrogen-bond acceptors (Lipinski definition) is 7. The molecule has 0 aromatic heterocycles. The third-order valence-electron chi connectivity index (χ3n) is 5.91. The average Bonchev–Trinajstić information content (AvgIpc) is 2.79. The Labute approximate surface area is 192 Å². The number of piperazine rings is 1. The number of morpholine rings is 1. The molecule has 2 heterocycles. The number of β-amino-alcohol motifs (C(OH)–C–C–N with tert-alkyl or cyclic N) is 1. The summed E-state index contributed by atoms with van der Waals surface area (Å²) in [6, 6.07) is 7.28. The van der Waals surface area contributed by atoms with Crippen molar-refractivity contribution in [2.24, 2.45) is 5.92 Å². The van der Waals surface area contributed by atoms with Crippen molar-refractivity contribution in [3.63, 3.8) is 0 Å². The Balaban J connectivity index is 1.38. The van der Waals surface area contributed by atoms with E-state index in [0.29, 0.717) is 50.9 Å². The van der Waals surface area contributed by atoms with Gasteiger partial charge < -0.3 is 24.2 Å². The number of rotatable bonds is 10. The molecule has 1 amide bonds. The van der Waals surface area contributed by atoms with E-state index in [-0.39, 0.29) is 12.0 Å². The molecule has 0 saturated carbocycles. The predicted octanol–water partition coefficient (Wildman–Crippen LogP) is 1.19. The van der Waals surface area contributed by atoms with Crippen LogP contribution < -0.4 is 4.74 Å². The second kappa shape index (κ2) is 12.5. The highest BCUT2D eigenvalue weighted by Crippen LogP contribution is 2.15. The number of hydrogen-bond donors (Lipinski definition) is 1. The summed E-state index contributed by atoms with van der Waals surface area (Å²) in [5, 5.41) is 10.3. The van der Waals surface area contributed by atoms with Crippen molar-refractivity contribution in [1.82, 2.24) is 14.7 Å². The molecule has 0 bridgehead atoms. The van der Waals surface area contributed by atoms with Crippen molar-refractivity contribution >= 4 is 5.91 Å². The molecule has 2 aliphatic rings. The molecule has 0 radical (unpaired) electrons. The monoisotopic (exact) mass is 449 g/mol. The van der Waals surface area contributed by atoms with Gasteiger partial charge in [0.05, 0.1) is 32.5 Å². The molecule has 2 fully saturated rings. The van der Waals surface area contributed by atoms with E-state index < -0.39 is 6.10 Å². The Kier molecular flexibility index (Phi) is 9.74. The molecule has 2 aliphatic heterocycles. The van der Waals surface area contributed by atoms with Gasteiger partial charge in [0.15, 0.2) is 0 Å². The number of aliphatic hydroxyl groups excluding tert-OH is 1. The van der Waals surface area contributed by atoms with Gasteiger partial charge in [0.2, 0.25) is 0 Å². The van der Waals surface area contributed by atoms with Crippen LogP contribution in [0.25, 0.3) is 0 Å². The topological polar surface area (TPSA) is 74.7 Å². The van der Waals surface area contributed by atoms with Crippen LogP contribution in [0.5, 0.6) is 5.75 Å². The first-order valence-corrected chi connectivity index (χ1v) is 11.7. The van der Waals surface area contributed by atoms with Crippen LogP contribution in [-0.4, -0.2) is 117 Å². The van der Waals surface area contributed by atoms with E-state index in [1.54, 1.807) is 7.11 Å². The number of methoxy groups -OCH3 is 1. The van der Waals surface area contributed by atoms with Gasteiger partial charge in [0.1, 0.15) is 5.75 Å². The van der Waals surface area contributed by atoms with Crippen LogP contribution in [-0.2, 0) is 9.47 Å². The van der Waals surface area contributed by atoms with E-state index in [1.165, 1.54) is 0 Å². The van der Waals surface area contributed by atoms with Crippen LogP contribution >= 0.6 is 0 Å². The van der Waals surface area contributed by atoms with Gasteiger partial charge in [-0.25, -0.2) is 0 Å². The highest BCUT2D eigenvalue weighted by atomic mass is 16.5. The first-order valence-electron chi connectivity index (χ1n) is 11.7. The maximum absolute atomic E-state index is 12.8. The zero-order valence-corrected chi connectivity index (χ0v) is 19.7. The third-order valence-corrected chi connectivity index (χ3v) is 5.91. The minimum absolute atomic E-state index is 0.0704. The normalized spacial score (nSPS) is 21.7. The lowest BCUT2D eigenvalue weighted by molar-refractivity contribution is -0.0644. The summed E-state index contributed by atoms with van der Waals surface area (Å²) in [6.07, 6.45) is -0.351. The fourth-order valence-corrected chi connectivity index (χ4v) is 4.18. The molecule has 8 nitrogen and oxygen atoms in total. The van der Waals surface area contributed by atoms with Crippen molar-refractivity contribution in [2.75, 3.05) is 79.3 Å². The lowest BCUT2D eigenvalue weighted by Gasteiger charge is -2.39. The molecule has 0 aliphatic carbocycles. The number of benzene rings is 1. The zero-order chi connectivity index (χ0) is 22.9. The van der Waals surface area contributed by atoms with Crippen LogP contribution in [0.1, 0.15) is 24.2 Å². The number of carbonyl (C=O) groups is 1. The summed E-state index contributed by atoms with van der Waals surface area (Å²) in [6.45, 7) is 12.2. The largest absolute Gasteiger partial charge is 0.497 e. The van der Waals surface area contributed by atoms with Gasteiger partial charge in [0, 0.05) is 64.5 Å². The number of ether oxygens (including phenoxy) is 3. The lowest BCUT2D eigenvalue weighted by Crippen LogP contribution is -2.54. The van der Waals surface area contributed by atoms with Crippen molar-refractivity contribution in [3.05, 3.63) is 29.8 Å². The van der Waals surface area contributed by atoms with E-state index in [9.17, 15) is 9.90 Å². The Morgan fingerprint density at radius 1 is 1.09 bits per heavy atom. The number of amides is 1. The number of nitrogens with zero attached hydrogens (tertiary/aromatic N) is 3. The van der Waals surface area contributed by atoms with Gasteiger partial charge >= 0.3 is 0 Å². The molecule has 32 heavy (non-hydrogen) atoms. The maximum atomic E-state index is 12.8. The predicted molar refractivity (Wildman–Crippen MR) is 123 cm³/mol. The van der Waals surface area contributed by atoms with Gasteiger partial charge in [-0.05, 0) is 30.2 Å². The number of carbonyl (C=O) groups excluding carboxylic acids is 1. The van der Waals surface area contributed by atoms with Crippen molar-refractivity contribution in [3.8, 4) is 5.75 Å². The Morgan fingerprint density at radius 3 is 2.47 bits per heavy atom. The standard InChI is InChI=1S/C24H39N3O5/c1-19(2)17-31-18-21(28)14-26-12-13-32-23(16-26)15-25-8-10-27(11-9-25)24(29)20-4-6-22(30-3)7-5-20/h4-7,19,21,23,28H,8-18H2,1-3H3. The van der Waals surface area contributed by atoms with Crippen LogP contribution in [0.2, 0.25) is 0 Å². The van der Waals surface area contributed by atoms with E-state index in [1.807, 2.05) is 29.2 Å². The van der Waals surface area contributed by atoms with E-state index in [0.717, 1.165) is 38.5 Å². The molecular weight excluding hydrogens is 410 g/mol. The summed E-state index contributed by atoms with van der Waals surface area (Å²) in [7, 11) is 1.62. The summed E-state index contributed by atoms with van der Waals surface area (Å²) >= 11 is 0. The van der Waals surface area contributed by atoms with E-state index >= 15 is 0 Å². The first kappa shape index (κ1) is 24.9. The van der Waals surface area contributed by atoms with Crippen LogP contribution in [0.15, 0.2) is 24.3 Å². The molecule has 2 saturated heterocycles. The molecule has 1 aromatic carbocycles. The highest BCUT2D eigenvalue weighted by Gasteiger charge is 2.27. The van der Waals surface area contributed by atoms with E-state index in [2.05, 4.69) is 23.6 Å². The van der Waals surface area contributed by atoms with Gasteiger partial charge in [-0.1, -0.05) is 13.8 Å². The Hall–Kier alpha value is -1.71. The van der Waals surface area contributed by atoms with Crippen LogP contribution in [0, 0.1) is 5.92 Å². The Morgan fingerprint density at radius 2 is 1.81 bits per heavy atom. The second-order valence-corrected chi connectivity index (χ2v) is 9.16. The fraction of sp³-hybridized carbons (Fsp3) is 0.708. The summed E-state index contributed by atoms with van der Waals surface area (Å²) < 4.78 is 16.7. The molecule has 0 spiro atoms. The molecule has 1 aromatic rings. The van der Waals surface area contributed by atoms with Crippen molar-refractivity contribution in [1.29, 1.82) is 0 Å². The van der Waals surface area contributed by atoms with Gasteiger partial charge in [-0.2, -0.15) is 0 Å². The molecule has 8 heteroatoms. The van der Waals surface area contributed by atoms with Gasteiger partial charge in [-0.15, -0.1) is 0 Å². The minimum Gasteiger partial charge on any atom is -0.497 e. The first-order chi connectivity index (χ1) is 15.4. The molecule has 2 unspecified atom stereocenters. The van der Waals surface area contributed by atoms with Crippen molar-refractivity contribution < 1.29 is 24.1 Å². The fourth-order valence-electron chi connectivity index (χ4n) is 4.18. The molecule has 2 atom stereocenters. The molecule has 1 N–H and O–H groups in total.